The van der Waals surface area contributed by atoms with Crippen molar-refractivity contribution in [2.24, 2.45) is 0 Å². The van der Waals surface area contributed by atoms with Crippen molar-refractivity contribution < 1.29 is 14.7 Å². The van der Waals surface area contributed by atoms with Gasteiger partial charge in [0.1, 0.15) is 0 Å². The van der Waals surface area contributed by atoms with Crippen LogP contribution in [0.4, 0.5) is 4.79 Å². The van der Waals surface area contributed by atoms with Gasteiger partial charge in [-0.15, -0.1) is 0 Å². The largest absolute Gasteiger partial charge is 0.448 e. The lowest BCUT2D eigenvalue weighted by Gasteiger charge is -1.92. The van der Waals surface area contributed by atoms with E-state index in [0.717, 1.165) is 5.48 Å². The van der Waals surface area contributed by atoms with Gasteiger partial charge in [-0.05, 0) is 6.92 Å². The number of hydrogen-bond donors (Lipinski definition) is 1. The van der Waals surface area contributed by atoms with Crippen LogP contribution in [0.5, 0.6) is 0 Å². The first kappa shape index (κ1) is 6.23. The Hall–Kier alpha value is -0.770. The van der Waals surface area contributed by atoms with Crippen LogP contribution in [-0.2, 0) is 9.94 Å². The van der Waals surface area contributed by atoms with Crippen molar-refractivity contribution in [3.05, 3.63) is 0 Å². The molecule has 0 aromatic rings. The fourth-order valence-electron chi connectivity index (χ4n) is 0.161. The van der Waals surface area contributed by atoms with Gasteiger partial charge in [0.15, 0.2) is 0 Å². The standard InChI is InChI=1S/C3H6NO3/c1-2-7-3(5)4-6/h2H2,1H3,(H,4,5). The molecule has 0 fully saturated rings. The fraction of sp³-hybridized carbons (Fsp3) is 0.667. The molecule has 0 aliphatic heterocycles. The third-order valence-corrected chi connectivity index (χ3v) is 0.359. The molecule has 0 aliphatic carbocycles. The van der Waals surface area contributed by atoms with E-state index in [1.165, 1.54) is 0 Å². The minimum Gasteiger partial charge on any atom is -0.448 e. The Balaban J connectivity index is 3.00. The van der Waals surface area contributed by atoms with Crippen molar-refractivity contribution in [3.63, 3.8) is 0 Å². The molecule has 0 aromatic heterocycles. The zero-order valence-corrected chi connectivity index (χ0v) is 3.93. The lowest BCUT2D eigenvalue weighted by molar-refractivity contribution is 0.0504. The number of ether oxygens (including phenoxy) is 1. The van der Waals surface area contributed by atoms with Crippen LogP contribution >= 0.6 is 0 Å². The lowest BCUT2D eigenvalue weighted by Crippen LogP contribution is -2.17. The molecule has 0 aromatic carbocycles. The van der Waals surface area contributed by atoms with Gasteiger partial charge >= 0.3 is 6.09 Å². The summed E-state index contributed by atoms with van der Waals surface area (Å²) in [7, 11) is 0. The SMILES string of the molecule is CCOC(=O)N[O]. The predicted octanol–water partition coefficient (Wildman–Crippen LogP) is 0.0780. The van der Waals surface area contributed by atoms with Gasteiger partial charge in [0.25, 0.3) is 0 Å². The highest BCUT2D eigenvalue weighted by atomic mass is 16.6. The van der Waals surface area contributed by atoms with E-state index >= 15 is 0 Å². The van der Waals surface area contributed by atoms with Crippen LogP contribution in [0.1, 0.15) is 6.92 Å². The molecule has 0 aliphatic rings. The molecule has 0 unspecified atom stereocenters. The summed E-state index contributed by atoms with van der Waals surface area (Å²) in [5.74, 6) is 0. The second-order valence-electron chi connectivity index (χ2n) is 0.823. The monoisotopic (exact) mass is 104 g/mol. The summed E-state index contributed by atoms with van der Waals surface area (Å²) in [4.78, 5) is 9.77. The predicted molar refractivity (Wildman–Crippen MR) is 20.8 cm³/mol. The van der Waals surface area contributed by atoms with Crippen molar-refractivity contribution in [2.75, 3.05) is 6.61 Å². The molecule has 0 saturated carbocycles. The Labute approximate surface area is 41.0 Å². The second-order valence-corrected chi connectivity index (χ2v) is 0.823. The van der Waals surface area contributed by atoms with Crippen LogP contribution in [0.25, 0.3) is 0 Å². The first-order valence-corrected chi connectivity index (χ1v) is 1.86. The smallest absolute Gasteiger partial charge is 0.433 e. The van der Waals surface area contributed by atoms with Gasteiger partial charge in [-0.25, -0.2) is 4.79 Å². The van der Waals surface area contributed by atoms with Gasteiger partial charge in [0.05, 0.1) is 6.61 Å². The van der Waals surface area contributed by atoms with Crippen molar-refractivity contribution in [3.8, 4) is 0 Å². The molecule has 4 heteroatoms. The third-order valence-electron chi connectivity index (χ3n) is 0.359. The highest BCUT2D eigenvalue weighted by Gasteiger charge is 1.92. The lowest BCUT2D eigenvalue weighted by atomic mass is 10.9. The summed E-state index contributed by atoms with van der Waals surface area (Å²) in [6.07, 6.45) is -0.928. The molecule has 0 heterocycles. The minimum atomic E-state index is -0.928. The average molecular weight is 104 g/mol. The maximum absolute atomic E-state index is 9.77. The van der Waals surface area contributed by atoms with Gasteiger partial charge in [-0.3, -0.25) is 0 Å². The first-order valence-electron chi connectivity index (χ1n) is 1.86. The molecule has 4 nitrogen and oxygen atoms in total. The molecule has 0 spiro atoms. The van der Waals surface area contributed by atoms with Crippen molar-refractivity contribution in [2.45, 2.75) is 6.92 Å². The van der Waals surface area contributed by atoms with E-state index in [2.05, 4.69) is 4.74 Å². The van der Waals surface area contributed by atoms with Crippen LogP contribution in [0.2, 0.25) is 0 Å². The zero-order chi connectivity index (χ0) is 5.70. The molecule has 0 saturated heterocycles. The Bertz CT molecular complexity index is 63.2. The second kappa shape index (κ2) is 3.42. The summed E-state index contributed by atoms with van der Waals surface area (Å²) in [6.45, 7) is 1.85. The van der Waals surface area contributed by atoms with Crippen LogP contribution in [0.15, 0.2) is 0 Å². The molecular formula is C3H6NO3. The molecular weight excluding hydrogens is 98.0 g/mol. The van der Waals surface area contributed by atoms with Crippen LogP contribution < -0.4 is 5.48 Å². The number of nitrogens with one attached hydrogen (secondary N) is 1. The Morgan fingerprint density at radius 2 is 2.43 bits per heavy atom. The maximum Gasteiger partial charge on any atom is 0.433 e. The molecule has 7 heavy (non-hydrogen) atoms. The van der Waals surface area contributed by atoms with Crippen molar-refractivity contribution in [1.82, 2.24) is 5.48 Å². The number of hydroxylamine groups is 1. The van der Waals surface area contributed by atoms with Gasteiger partial charge < -0.3 is 4.74 Å². The Kier molecular flexibility index (Phi) is 3.04. The minimum absolute atomic E-state index is 0.230. The molecule has 1 amide bonds. The number of rotatable bonds is 1. The normalized spacial score (nSPS) is 7.71. The number of carbonyl (C=O) groups is 1. The summed E-state index contributed by atoms with van der Waals surface area (Å²) in [6, 6.07) is 0. The van der Waals surface area contributed by atoms with Gasteiger partial charge in [0.2, 0.25) is 0 Å². The van der Waals surface area contributed by atoms with Crippen LogP contribution in [-0.4, -0.2) is 12.7 Å². The van der Waals surface area contributed by atoms with E-state index in [4.69, 9.17) is 0 Å². The molecule has 0 bridgehead atoms. The highest BCUT2D eigenvalue weighted by molar-refractivity contribution is 5.65. The van der Waals surface area contributed by atoms with Crippen LogP contribution in [0.3, 0.4) is 0 Å². The van der Waals surface area contributed by atoms with Gasteiger partial charge in [-0.1, -0.05) is 5.21 Å². The van der Waals surface area contributed by atoms with E-state index in [-0.39, 0.29) is 6.61 Å². The number of carbonyl (C=O) groups excluding carboxylic acids is 1. The first-order chi connectivity index (χ1) is 3.31. The quantitative estimate of drug-likeness (QED) is 0.479. The fourth-order valence-corrected chi connectivity index (χ4v) is 0.161. The van der Waals surface area contributed by atoms with Crippen molar-refractivity contribution >= 4 is 6.09 Å². The topological polar surface area (TPSA) is 58.2 Å². The maximum atomic E-state index is 9.77. The van der Waals surface area contributed by atoms with Crippen LogP contribution in [0, 0.1) is 0 Å². The molecule has 0 atom stereocenters. The molecule has 1 radical (unpaired) electrons. The van der Waals surface area contributed by atoms with Gasteiger partial charge in [-0.2, -0.15) is 5.48 Å². The summed E-state index contributed by atoms with van der Waals surface area (Å²) in [5.41, 5.74) is 1.05. The summed E-state index contributed by atoms with van der Waals surface area (Å²) < 4.78 is 4.13. The summed E-state index contributed by atoms with van der Waals surface area (Å²) >= 11 is 0. The number of amides is 1. The molecule has 1 N–H and O–H groups in total. The van der Waals surface area contributed by atoms with E-state index in [0.29, 0.717) is 0 Å². The average Bonchev–Trinajstić information content (AvgIpc) is 1.68. The highest BCUT2D eigenvalue weighted by Crippen LogP contribution is 1.70. The van der Waals surface area contributed by atoms with E-state index in [1.807, 2.05) is 0 Å². The van der Waals surface area contributed by atoms with E-state index in [1.54, 1.807) is 6.92 Å². The number of hydrogen-bond acceptors (Lipinski definition) is 2. The van der Waals surface area contributed by atoms with E-state index in [9.17, 15) is 10.0 Å². The van der Waals surface area contributed by atoms with Gasteiger partial charge in [0, 0.05) is 0 Å². The molecule has 41 valence electrons. The Morgan fingerprint density at radius 3 is 2.57 bits per heavy atom. The zero-order valence-electron chi connectivity index (χ0n) is 3.93. The third kappa shape index (κ3) is 3.05. The van der Waals surface area contributed by atoms with E-state index < -0.39 is 6.09 Å². The Morgan fingerprint density at radius 1 is 1.86 bits per heavy atom. The van der Waals surface area contributed by atoms with Crippen molar-refractivity contribution in [1.29, 1.82) is 0 Å². The molecule has 0 rings (SSSR count). The summed E-state index contributed by atoms with van der Waals surface area (Å²) in [5, 5.41) is 9.30.